The van der Waals surface area contributed by atoms with Crippen molar-refractivity contribution in [2.45, 2.75) is 50.1 Å². The first kappa shape index (κ1) is 29.3. The monoisotopic (exact) mass is 566 g/mol. The highest BCUT2D eigenvalue weighted by Crippen LogP contribution is 2.28. The summed E-state index contributed by atoms with van der Waals surface area (Å²) in [6.45, 7) is 0.646. The lowest BCUT2D eigenvalue weighted by Gasteiger charge is -2.23. The fraction of sp³-hybridized carbons (Fsp3) is 0.333. The van der Waals surface area contributed by atoms with Crippen molar-refractivity contribution in [2.75, 3.05) is 13.2 Å². The first-order valence-corrected chi connectivity index (χ1v) is 13.6. The number of H-pyrrole nitrogens is 1. The minimum Gasteiger partial charge on any atom is -0.465 e. The number of aromatic amines is 1. The predicted molar refractivity (Wildman–Crippen MR) is 155 cm³/mol. The zero-order chi connectivity index (χ0) is 28.7. The van der Waals surface area contributed by atoms with Crippen molar-refractivity contribution in [1.29, 1.82) is 0 Å². The SMILES string of the molecule is NCCCCC(N)C(=O)OCCCc1cc(F)c2[nH]cc(C(=O)C3(Cc4ccc(Cl)cc4)C=CC=N3)c(=O)c2c1. The molecule has 5 N–H and O–H groups in total. The van der Waals surface area contributed by atoms with E-state index in [1.807, 2.05) is 0 Å². The highest BCUT2D eigenvalue weighted by molar-refractivity contribution is 6.30. The Morgan fingerprint density at radius 2 is 1.90 bits per heavy atom. The van der Waals surface area contributed by atoms with E-state index in [-0.39, 0.29) is 29.5 Å². The van der Waals surface area contributed by atoms with Crippen molar-refractivity contribution in [2.24, 2.45) is 16.5 Å². The number of nitrogens with two attached hydrogens (primary N) is 2. The normalized spacial score (nSPS) is 16.9. The van der Waals surface area contributed by atoms with Crippen LogP contribution in [0.2, 0.25) is 5.02 Å². The van der Waals surface area contributed by atoms with Gasteiger partial charge in [0.25, 0.3) is 0 Å². The number of rotatable bonds is 13. The van der Waals surface area contributed by atoms with Crippen LogP contribution in [0.5, 0.6) is 0 Å². The molecule has 4 rings (SSSR count). The van der Waals surface area contributed by atoms with Gasteiger partial charge in [-0.1, -0.05) is 30.2 Å². The summed E-state index contributed by atoms with van der Waals surface area (Å²) in [6, 6.07) is 9.24. The number of ketones is 1. The maximum atomic E-state index is 14.9. The second-order valence-corrected chi connectivity index (χ2v) is 10.3. The van der Waals surface area contributed by atoms with Gasteiger partial charge in [-0.05, 0) is 79.8 Å². The molecule has 210 valence electrons. The number of halogens is 2. The van der Waals surface area contributed by atoms with Gasteiger partial charge in [-0.15, -0.1) is 0 Å². The topological polar surface area (TPSA) is 141 Å². The molecule has 3 aromatic rings. The van der Waals surface area contributed by atoms with Crippen LogP contribution in [-0.2, 0) is 22.4 Å². The van der Waals surface area contributed by atoms with Gasteiger partial charge < -0.3 is 21.2 Å². The van der Waals surface area contributed by atoms with Gasteiger partial charge in [-0.2, -0.15) is 0 Å². The number of ether oxygens (including phenoxy) is 1. The summed E-state index contributed by atoms with van der Waals surface area (Å²) in [5, 5.41) is 0.630. The minimum atomic E-state index is -1.29. The van der Waals surface area contributed by atoms with Crippen molar-refractivity contribution in [1.82, 2.24) is 4.98 Å². The number of aryl methyl sites for hydroxylation is 1. The van der Waals surface area contributed by atoms with Gasteiger partial charge in [-0.3, -0.25) is 19.4 Å². The molecule has 0 spiro atoms. The fourth-order valence-electron chi connectivity index (χ4n) is 4.73. The third kappa shape index (κ3) is 6.72. The molecule has 40 heavy (non-hydrogen) atoms. The second kappa shape index (κ2) is 13.1. The largest absolute Gasteiger partial charge is 0.465 e. The minimum absolute atomic E-state index is 0.0115. The first-order valence-electron chi connectivity index (χ1n) is 13.2. The average molecular weight is 567 g/mol. The van der Waals surface area contributed by atoms with Crippen LogP contribution in [0.1, 0.15) is 47.2 Å². The van der Waals surface area contributed by atoms with Gasteiger partial charge >= 0.3 is 5.97 Å². The van der Waals surface area contributed by atoms with Gasteiger partial charge in [0.05, 0.1) is 17.7 Å². The number of Topliss-reactive ketones (excluding diaryl/α,β-unsaturated/α-hetero) is 1. The van der Waals surface area contributed by atoms with Crippen LogP contribution in [0.3, 0.4) is 0 Å². The second-order valence-electron chi connectivity index (χ2n) is 9.89. The summed E-state index contributed by atoms with van der Waals surface area (Å²) in [7, 11) is 0. The van der Waals surface area contributed by atoms with E-state index in [4.69, 9.17) is 27.8 Å². The molecule has 1 aliphatic rings. The smallest absolute Gasteiger partial charge is 0.322 e. The number of aliphatic imine (C=N–C) groups is 1. The van der Waals surface area contributed by atoms with Crippen LogP contribution in [0.25, 0.3) is 10.9 Å². The van der Waals surface area contributed by atoms with E-state index in [1.54, 1.807) is 42.5 Å². The quantitative estimate of drug-likeness (QED) is 0.162. The molecule has 1 aromatic heterocycles. The van der Waals surface area contributed by atoms with Crippen LogP contribution in [0, 0.1) is 5.82 Å². The van der Waals surface area contributed by atoms with E-state index in [9.17, 15) is 18.8 Å². The lowest BCUT2D eigenvalue weighted by Crippen LogP contribution is -2.38. The molecule has 2 unspecified atom stereocenters. The molecule has 8 nitrogen and oxygen atoms in total. The van der Waals surface area contributed by atoms with Crippen molar-refractivity contribution < 1.29 is 18.7 Å². The van der Waals surface area contributed by atoms with E-state index in [1.165, 1.54) is 18.5 Å². The number of nitrogens with zero attached hydrogens (tertiary/aromatic N) is 1. The molecule has 0 fully saturated rings. The molecule has 10 heteroatoms. The number of esters is 1. The Morgan fingerprint density at radius 1 is 1.12 bits per heavy atom. The molecule has 2 aromatic carbocycles. The molecule has 0 saturated heterocycles. The molecule has 2 heterocycles. The summed E-state index contributed by atoms with van der Waals surface area (Å²) in [4.78, 5) is 46.4. The van der Waals surface area contributed by atoms with Crippen molar-refractivity contribution in [3.63, 3.8) is 0 Å². The zero-order valence-corrected chi connectivity index (χ0v) is 22.8. The van der Waals surface area contributed by atoms with Gasteiger partial charge in [0.1, 0.15) is 17.4 Å². The molecule has 0 bridgehead atoms. The molecule has 0 radical (unpaired) electrons. The van der Waals surface area contributed by atoms with E-state index in [0.717, 1.165) is 18.4 Å². The third-order valence-electron chi connectivity index (χ3n) is 6.91. The summed E-state index contributed by atoms with van der Waals surface area (Å²) in [5.74, 6) is -1.59. The Balaban J connectivity index is 1.50. The number of carbonyl (C=O) groups is 2. The van der Waals surface area contributed by atoms with E-state index < -0.39 is 34.6 Å². The Morgan fingerprint density at radius 3 is 2.60 bits per heavy atom. The number of allylic oxidation sites excluding steroid dienone is 1. The summed E-state index contributed by atoms with van der Waals surface area (Å²) in [5.41, 5.74) is 10.7. The Labute approximate surface area is 236 Å². The van der Waals surface area contributed by atoms with Crippen LogP contribution < -0.4 is 16.9 Å². The number of carbonyl (C=O) groups excluding carboxylic acids is 2. The van der Waals surface area contributed by atoms with E-state index in [2.05, 4.69) is 9.98 Å². The molecular weight excluding hydrogens is 535 g/mol. The zero-order valence-electron chi connectivity index (χ0n) is 22.0. The standard InChI is InChI=1S/C30H32ClFN4O4/c31-21-9-7-19(8-10-21)17-30(11-4-13-36-30)28(38)23-18-35-26-22(27(23)37)15-20(16-24(26)32)5-3-14-40-29(39)25(34)6-1-2-12-33/h4,7-11,13,15-16,18,25H,1-3,5-6,12,14,17,33-34H2,(H,35,37). The van der Waals surface area contributed by atoms with Crippen LogP contribution in [0.15, 0.2) is 64.5 Å². The average Bonchev–Trinajstić information content (AvgIpc) is 3.42. The number of nitrogens with one attached hydrogen (secondary N) is 1. The maximum absolute atomic E-state index is 14.9. The van der Waals surface area contributed by atoms with Crippen molar-refractivity contribution in [3.8, 4) is 0 Å². The summed E-state index contributed by atoms with van der Waals surface area (Å²) < 4.78 is 20.2. The van der Waals surface area contributed by atoms with Gasteiger partial charge in [0.15, 0.2) is 11.2 Å². The highest BCUT2D eigenvalue weighted by Gasteiger charge is 2.39. The fourth-order valence-corrected chi connectivity index (χ4v) is 4.85. The third-order valence-corrected chi connectivity index (χ3v) is 7.17. The van der Waals surface area contributed by atoms with Gasteiger partial charge in [0.2, 0.25) is 0 Å². The van der Waals surface area contributed by atoms with Gasteiger partial charge in [0, 0.05) is 29.2 Å². The Kier molecular flexibility index (Phi) is 9.63. The van der Waals surface area contributed by atoms with Gasteiger partial charge in [-0.25, -0.2) is 4.39 Å². The number of hydrogen-bond acceptors (Lipinski definition) is 7. The summed E-state index contributed by atoms with van der Waals surface area (Å²) in [6.07, 6.45) is 9.13. The van der Waals surface area contributed by atoms with Crippen molar-refractivity contribution >= 4 is 40.5 Å². The lowest BCUT2D eigenvalue weighted by molar-refractivity contribution is -0.145. The number of pyridine rings is 1. The number of hydrogen-bond donors (Lipinski definition) is 3. The highest BCUT2D eigenvalue weighted by atomic mass is 35.5. The van der Waals surface area contributed by atoms with Crippen LogP contribution in [0.4, 0.5) is 4.39 Å². The Bertz CT molecular complexity index is 1490. The molecule has 0 amide bonds. The molecule has 0 saturated carbocycles. The maximum Gasteiger partial charge on any atom is 0.322 e. The van der Waals surface area contributed by atoms with E-state index >= 15 is 0 Å². The first-order chi connectivity index (χ1) is 19.2. The molecule has 0 aliphatic carbocycles. The summed E-state index contributed by atoms with van der Waals surface area (Å²) >= 11 is 5.99. The molecular formula is C30H32ClFN4O4. The van der Waals surface area contributed by atoms with Crippen molar-refractivity contribution in [3.05, 3.63) is 92.5 Å². The van der Waals surface area contributed by atoms with Crippen LogP contribution >= 0.6 is 11.6 Å². The number of unbranched alkanes of at least 4 members (excludes halogenated alkanes) is 1. The molecule has 1 aliphatic heterocycles. The van der Waals surface area contributed by atoms with E-state index in [0.29, 0.717) is 36.4 Å². The van der Waals surface area contributed by atoms with Crippen LogP contribution in [-0.4, -0.2) is 47.7 Å². The Hall–Kier alpha value is -3.66. The number of benzene rings is 2. The predicted octanol–water partition coefficient (Wildman–Crippen LogP) is 4.06. The lowest BCUT2D eigenvalue weighted by atomic mass is 9.84. The molecule has 2 atom stereocenters. The number of fused-ring (bicyclic) bond motifs is 1. The number of aromatic nitrogens is 1.